The van der Waals surface area contributed by atoms with Crippen LogP contribution in [0.1, 0.15) is 5.82 Å². The van der Waals surface area contributed by atoms with Crippen molar-refractivity contribution in [2.24, 2.45) is 0 Å². The van der Waals surface area contributed by atoms with Crippen molar-refractivity contribution in [2.75, 3.05) is 31.6 Å². The van der Waals surface area contributed by atoms with E-state index in [0.29, 0.717) is 24.6 Å². The molecule has 1 aliphatic heterocycles. The number of aliphatic hydroxyl groups is 1. The summed E-state index contributed by atoms with van der Waals surface area (Å²) in [6.07, 6.45) is -6.91. The Hall–Kier alpha value is -1.94. The predicted molar refractivity (Wildman–Crippen MR) is 76.2 cm³/mol. The highest BCUT2D eigenvalue weighted by atomic mass is 19.4. The van der Waals surface area contributed by atoms with Gasteiger partial charge in [0.2, 0.25) is 0 Å². The highest BCUT2D eigenvalue weighted by Crippen LogP contribution is 2.24. The molecule has 3 heterocycles. The van der Waals surface area contributed by atoms with Crippen LogP contribution in [0.15, 0.2) is 12.1 Å². The summed E-state index contributed by atoms with van der Waals surface area (Å²) in [5, 5.41) is 21.4. The van der Waals surface area contributed by atoms with E-state index in [9.17, 15) is 13.2 Å². The van der Waals surface area contributed by atoms with Gasteiger partial charge < -0.3 is 10.0 Å². The summed E-state index contributed by atoms with van der Waals surface area (Å²) in [4.78, 5) is 3.48. The fraction of sp³-hybridized carbons (Fsp3) is 0.615. The molecular weight excluding hydrogens is 313 g/mol. The first-order valence-electron chi connectivity index (χ1n) is 7.14. The van der Waals surface area contributed by atoms with Crippen LogP contribution in [0.4, 0.5) is 19.0 Å². The summed E-state index contributed by atoms with van der Waals surface area (Å²) in [7, 11) is 1.58. The van der Waals surface area contributed by atoms with E-state index in [4.69, 9.17) is 5.11 Å². The van der Waals surface area contributed by atoms with Gasteiger partial charge in [0, 0.05) is 25.7 Å². The fourth-order valence-corrected chi connectivity index (χ4v) is 2.50. The number of anilines is 1. The van der Waals surface area contributed by atoms with E-state index in [1.54, 1.807) is 24.6 Å². The molecule has 2 aromatic heterocycles. The molecule has 1 aliphatic rings. The third-order valence-corrected chi connectivity index (χ3v) is 4.05. The number of nitrogens with zero attached hydrogens (tertiary/aromatic N) is 6. The zero-order valence-corrected chi connectivity index (χ0v) is 12.7. The summed E-state index contributed by atoms with van der Waals surface area (Å²) in [5.74, 6) is 1.39. The number of aliphatic hydroxyl groups excluding tert-OH is 1. The molecule has 0 aromatic carbocycles. The molecular formula is C13H17F3N6O. The molecule has 0 saturated carbocycles. The Kier molecular flexibility index (Phi) is 3.88. The molecule has 0 spiro atoms. The Morgan fingerprint density at radius 2 is 2.04 bits per heavy atom. The van der Waals surface area contributed by atoms with Crippen LogP contribution in [0.3, 0.4) is 0 Å². The van der Waals surface area contributed by atoms with E-state index in [0.717, 1.165) is 5.82 Å². The van der Waals surface area contributed by atoms with Gasteiger partial charge in [-0.3, -0.25) is 4.90 Å². The molecule has 2 aromatic rings. The number of aromatic nitrogens is 4. The Bertz CT molecular complexity index is 697. The van der Waals surface area contributed by atoms with Crippen molar-refractivity contribution in [3.63, 3.8) is 0 Å². The van der Waals surface area contributed by atoms with Gasteiger partial charge in [0.05, 0.1) is 0 Å². The van der Waals surface area contributed by atoms with Crippen molar-refractivity contribution >= 4 is 11.5 Å². The zero-order valence-electron chi connectivity index (χ0n) is 12.7. The molecule has 10 heteroatoms. The van der Waals surface area contributed by atoms with Crippen LogP contribution in [-0.2, 0) is 0 Å². The lowest BCUT2D eigenvalue weighted by Crippen LogP contribution is -2.60. The van der Waals surface area contributed by atoms with Gasteiger partial charge in [-0.05, 0) is 26.1 Å². The van der Waals surface area contributed by atoms with Crippen LogP contribution in [0, 0.1) is 6.92 Å². The Morgan fingerprint density at radius 3 is 2.70 bits per heavy atom. The number of hydrogen-bond donors (Lipinski definition) is 1. The normalized spacial score (nSPS) is 17.8. The Balaban J connectivity index is 1.60. The first kappa shape index (κ1) is 15.9. The Morgan fingerprint density at radius 1 is 1.35 bits per heavy atom. The van der Waals surface area contributed by atoms with Gasteiger partial charge in [0.1, 0.15) is 5.82 Å². The van der Waals surface area contributed by atoms with E-state index in [1.165, 1.54) is 4.90 Å². The van der Waals surface area contributed by atoms with Crippen molar-refractivity contribution in [3.05, 3.63) is 18.0 Å². The van der Waals surface area contributed by atoms with Crippen LogP contribution >= 0.6 is 0 Å². The number of fused-ring (bicyclic) bond motifs is 1. The SMILES string of the molecule is Cc1nnc2ccc(N3CC(N(C)CC(O)C(F)(F)F)C3)nn12. The quantitative estimate of drug-likeness (QED) is 0.879. The highest BCUT2D eigenvalue weighted by Gasteiger charge is 2.41. The highest BCUT2D eigenvalue weighted by molar-refractivity contribution is 5.47. The van der Waals surface area contributed by atoms with Crippen LogP contribution < -0.4 is 4.90 Å². The lowest BCUT2D eigenvalue weighted by atomic mass is 10.1. The number of halogens is 3. The zero-order chi connectivity index (χ0) is 16.8. The van der Waals surface area contributed by atoms with Crippen LogP contribution in [-0.4, -0.2) is 74.8 Å². The Labute approximate surface area is 130 Å². The second-order valence-corrected chi connectivity index (χ2v) is 5.76. The van der Waals surface area contributed by atoms with E-state index in [2.05, 4.69) is 15.3 Å². The molecule has 1 fully saturated rings. The van der Waals surface area contributed by atoms with Gasteiger partial charge in [-0.2, -0.15) is 17.7 Å². The minimum Gasteiger partial charge on any atom is -0.382 e. The molecule has 1 atom stereocenters. The molecule has 1 N–H and O–H groups in total. The smallest absolute Gasteiger partial charge is 0.382 e. The summed E-state index contributed by atoms with van der Waals surface area (Å²) in [6.45, 7) is 2.47. The van der Waals surface area contributed by atoms with Crippen LogP contribution in [0.25, 0.3) is 5.65 Å². The van der Waals surface area contributed by atoms with Crippen molar-refractivity contribution in [2.45, 2.75) is 25.2 Å². The van der Waals surface area contributed by atoms with Gasteiger partial charge in [0.25, 0.3) is 0 Å². The molecule has 126 valence electrons. The molecule has 7 nitrogen and oxygen atoms in total. The molecule has 0 amide bonds. The third-order valence-electron chi connectivity index (χ3n) is 4.05. The second-order valence-electron chi connectivity index (χ2n) is 5.76. The summed E-state index contributed by atoms with van der Waals surface area (Å²) < 4.78 is 38.8. The van der Waals surface area contributed by atoms with E-state index in [-0.39, 0.29) is 6.04 Å². The molecule has 23 heavy (non-hydrogen) atoms. The number of alkyl halides is 3. The average Bonchev–Trinajstić information content (AvgIpc) is 2.77. The molecule has 3 rings (SSSR count). The van der Waals surface area contributed by atoms with Crippen LogP contribution in [0.5, 0.6) is 0 Å². The van der Waals surface area contributed by atoms with Crippen molar-refractivity contribution in [3.8, 4) is 0 Å². The van der Waals surface area contributed by atoms with E-state index < -0.39 is 18.8 Å². The molecule has 1 saturated heterocycles. The van der Waals surface area contributed by atoms with Gasteiger partial charge in [-0.25, -0.2) is 0 Å². The van der Waals surface area contributed by atoms with Crippen LogP contribution in [0.2, 0.25) is 0 Å². The summed E-state index contributed by atoms with van der Waals surface area (Å²) in [5.41, 5.74) is 0.647. The largest absolute Gasteiger partial charge is 0.415 e. The lowest BCUT2D eigenvalue weighted by Gasteiger charge is -2.45. The number of likely N-dealkylation sites (N-methyl/N-ethyl adjacent to an activating group) is 1. The third kappa shape index (κ3) is 3.08. The van der Waals surface area contributed by atoms with Gasteiger partial charge >= 0.3 is 6.18 Å². The lowest BCUT2D eigenvalue weighted by molar-refractivity contribution is -0.208. The number of hydrogen-bond acceptors (Lipinski definition) is 6. The molecule has 1 unspecified atom stereocenters. The maximum Gasteiger partial charge on any atom is 0.415 e. The summed E-state index contributed by atoms with van der Waals surface area (Å²) in [6, 6.07) is 3.56. The summed E-state index contributed by atoms with van der Waals surface area (Å²) >= 11 is 0. The standard InChI is InChI=1S/C13H17F3N6O/c1-8-17-18-11-3-4-12(19-22(8)11)21-5-9(6-21)20(2)7-10(23)13(14,15)16/h3-4,9-10,23H,5-7H2,1-2H3. The maximum atomic E-state index is 12.4. The topological polar surface area (TPSA) is 69.8 Å². The number of aryl methyl sites for hydroxylation is 1. The predicted octanol–water partition coefficient (Wildman–Crippen LogP) is 0.476. The van der Waals surface area contributed by atoms with Crippen molar-refractivity contribution in [1.29, 1.82) is 0 Å². The minimum atomic E-state index is -4.59. The van der Waals surface area contributed by atoms with Crippen molar-refractivity contribution < 1.29 is 18.3 Å². The monoisotopic (exact) mass is 330 g/mol. The maximum absolute atomic E-state index is 12.4. The van der Waals surface area contributed by atoms with E-state index >= 15 is 0 Å². The number of rotatable bonds is 4. The minimum absolute atomic E-state index is 0.0495. The average molecular weight is 330 g/mol. The first-order valence-corrected chi connectivity index (χ1v) is 7.14. The van der Waals surface area contributed by atoms with Gasteiger partial charge in [-0.1, -0.05) is 0 Å². The molecule has 0 bridgehead atoms. The van der Waals surface area contributed by atoms with E-state index in [1.807, 2.05) is 11.0 Å². The van der Waals surface area contributed by atoms with Gasteiger partial charge in [0.15, 0.2) is 17.6 Å². The van der Waals surface area contributed by atoms with Gasteiger partial charge in [-0.15, -0.1) is 15.3 Å². The molecule has 0 radical (unpaired) electrons. The van der Waals surface area contributed by atoms with Crippen molar-refractivity contribution in [1.82, 2.24) is 24.7 Å². The first-order chi connectivity index (χ1) is 10.8. The second kappa shape index (κ2) is 5.60. The molecule has 0 aliphatic carbocycles. The fourth-order valence-electron chi connectivity index (χ4n) is 2.50.